The molecule has 0 radical (unpaired) electrons. The summed E-state index contributed by atoms with van der Waals surface area (Å²) in [5.74, 6) is 1.13. The summed E-state index contributed by atoms with van der Waals surface area (Å²) in [6.45, 7) is 9.47. The first-order chi connectivity index (χ1) is 14.5. The molecule has 0 spiro atoms. The number of benzene rings is 1. The van der Waals surface area contributed by atoms with Crippen molar-refractivity contribution in [2.24, 2.45) is 5.92 Å². The number of piperazine rings is 1. The highest BCUT2D eigenvalue weighted by atomic mass is 32.2. The topological polar surface area (TPSA) is 85.4 Å². The maximum Gasteiger partial charge on any atom is 0.410 e. The van der Waals surface area contributed by atoms with E-state index in [-0.39, 0.29) is 12.7 Å². The number of ether oxygens (including phenoxy) is 2. The highest BCUT2D eigenvalue weighted by Crippen LogP contribution is 2.27. The summed E-state index contributed by atoms with van der Waals surface area (Å²) in [7, 11) is -3.47. The van der Waals surface area contributed by atoms with E-state index in [1.807, 2.05) is 49.9 Å². The molecule has 0 aliphatic carbocycles. The van der Waals surface area contributed by atoms with Gasteiger partial charge < -0.3 is 14.4 Å². The summed E-state index contributed by atoms with van der Waals surface area (Å²) >= 11 is 0. The summed E-state index contributed by atoms with van der Waals surface area (Å²) < 4.78 is 38.7. The van der Waals surface area contributed by atoms with Crippen molar-refractivity contribution in [3.8, 4) is 5.75 Å². The standard InChI is InChI=1S/C22H34N2O6S/c1-22(2,3)30-21(25)24-11-10-23-13-18(8-9-19(23)14-24)15-28-20-7-5-6-17(12-20)16-29-31(4,26)27/h5-7,12,18-19H,8-11,13-16H2,1-4H3/t18?,19-/m0/s1. The Morgan fingerprint density at radius 3 is 2.65 bits per heavy atom. The lowest BCUT2D eigenvalue weighted by Crippen LogP contribution is -2.58. The van der Waals surface area contributed by atoms with Crippen LogP contribution >= 0.6 is 0 Å². The van der Waals surface area contributed by atoms with Crippen LogP contribution in [0.25, 0.3) is 0 Å². The summed E-state index contributed by atoms with van der Waals surface area (Å²) in [6, 6.07) is 7.70. The van der Waals surface area contributed by atoms with Crippen molar-refractivity contribution < 1.29 is 26.9 Å². The second-order valence-corrected chi connectivity index (χ2v) is 11.1. The van der Waals surface area contributed by atoms with Gasteiger partial charge in [0.2, 0.25) is 0 Å². The Kier molecular flexibility index (Phi) is 7.49. The third kappa shape index (κ3) is 7.66. The van der Waals surface area contributed by atoms with Crippen LogP contribution < -0.4 is 4.74 Å². The molecule has 174 valence electrons. The molecule has 2 aliphatic rings. The Balaban J connectivity index is 1.46. The number of rotatable bonds is 6. The van der Waals surface area contributed by atoms with Gasteiger partial charge in [-0.15, -0.1) is 0 Å². The molecule has 2 atom stereocenters. The van der Waals surface area contributed by atoms with E-state index in [2.05, 4.69) is 4.90 Å². The molecule has 1 amide bonds. The summed E-state index contributed by atoms with van der Waals surface area (Å²) in [6.07, 6.45) is 2.88. The molecular weight excluding hydrogens is 420 g/mol. The predicted octanol–water partition coefficient (Wildman–Crippen LogP) is 2.87. The zero-order valence-electron chi connectivity index (χ0n) is 18.9. The van der Waals surface area contributed by atoms with Crippen LogP contribution in [0.1, 0.15) is 39.2 Å². The monoisotopic (exact) mass is 454 g/mol. The Morgan fingerprint density at radius 1 is 1.16 bits per heavy atom. The Labute approximate surface area is 185 Å². The van der Waals surface area contributed by atoms with E-state index in [0.717, 1.165) is 37.8 Å². The lowest BCUT2D eigenvalue weighted by Gasteiger charge is -2.46. The molecule has 2 fully saturated rings. The zero-order chi connectivity index (χ0) is 22.6. The molecule has 1 unspecified atom stereocenters. The summed E-state index contributed by atoms with van der Waals surface area (Å²) in [5.41, 5.74) is 0.280. The maximum absolute atomic E-state index is 12.4. The SMILES string of the molecule is CC(C)(C)OC(=O)N1CCN2CC(COc3cccc(COS(C)(=O)=O)c3)CC[C@H]2C1. The lowest BCUT2D eigenvalue weighted by molar-refractivity contribution is -0.0122. The van der Waals surface area contributed by atoms with Gasteiger partial charge in [-0.3, -0.25) is 9.08 Å². The van der Waals surface area contributed by atoms with E-state index in [9.17, 15) is 13.2 Å². The smallest absolute Gasteiger partial charge is 0.410 e. The van der Waals surface area contributed by atoms with Crippen LogP contribution in [0.2, 0.25) is 0 Å². The third-order valence-corrected chi connectivity index (χ3v) is 6.03. The minimum Gasteiger partial charge on any atom is -0.493 e. The Bertz CT molecular complexity index is 867. The predicted molar refractivity (Wildman–Crippen MR) is 117 cm³/mol. The van der Waals surface area contributed by atoms with Crippen molar-refractivity contribution in [3.05, 3.63) is 29.8 Å². The number of hydrogen-bond acceptors (Lipinski definition) is 7. The minimum absolute atomic E-state index is 0.00304. The van der Waals surface area contributed by atoms with E-state index < -0.39 is 15.7 Å². The molecule has 2 heterocycles. The van der Waals surface area contributed by atoms with Gasteiger partial charge in [-0.1, -0.05) is 12.1 Å². The molecule has 31 heavy (non-hydrogen) atoms. The van der Waals surface area contributed by atoms with Gasteiger partial charge in [0.05, 0.1) is 19.5 Å². The highest BCUT2D eigenvalue weighted by molar-refractivity contribution is 7.85. The maximum atomic E-state index is 12.4. The zero-order valence-corrected chi connectivity index (χ0v) is 19.7. The van der Waals surface area contributed by atoms with Crippen molar-refractivity contribution in [1.29, 1.82) is 0 Å². The van der Waals surface area contributed by atoms with E-state index >= 15 is 0 Å². The van der Waals surface area contributed by atoms with Gasteiger partial charge in [-0.05, 0) is 51.3 Å². The normalized spacial score (nSPS) is 22.6. The van der Waals surface area contributed by atoms with Crippen LogP contribution in [0.5, 0.6) is 5.75 Å². The Morgan fingerprint density at radius 2 is 1.94 bits per heavy atom. The minimum atomic E-state index is -3.47. The number of nitrogens with zero attached hydrogens (tertiary/aromatic N) is 2. The quantitative estimate of drug-likeness (QED) is 0.611. The molecule has 1 aromatic carbocycles. The average Bonchev–Trinajstić information content (AvgIpc) is 2.69. The van der Waals surface area contributed by atoms with E-state index in [1.165, 1.54) is 0 Å². The van der Waals surface area contributed by atoms with Crippen molar-refractivity contribution in [3.63, 3.8) is 0 Å². The van der Waals surface area contributed by atoms with E-state index in [4.69, 9.17) is 13.7 Å². The van der Waals surface area contributed by atoms with Crippen LogP contribution in [0.15, 0.2) is 24.3 Å². The molecule has 0 aromatic heterocycles. The number of carbonyl (C=O) groups is 1. The van der Waals surface area contributed by atoms with Crippen molar-refractivity contribution in [2.45, 2.75) is 51.9 Å². The van der Waals surface area contributed by atoms with Gasteiger partial charge >= 0.3 is 6.09 Å². The van der Waals surface area contributed by atoms with E-state index in [0.29, 0.717) is 37.4 Å². The molecule has 9 heteroatoms. The second kappa shape index (κ2) is 9.75. The average molecular weight is 455 g/mol. The van der Waals surface area contributed by atoms with Gasteiger partial charge in [-0.2, -0.15) is 8.42 Å². The fourth-order valence-corrected chi connectivity index (χ4v) is 4.35. The summed E-state index contributed by atoms with van der Waals surface area (Å²) in [4.78, 5) is 16.6. The number of amides is 1. The van der Waals surface area contributed by atoms with E-state index in [1.54, 1.807) is 0 Å². The lowest BCUT2D eigenvalue weighted by atomic mass is 9.91. The van der Waals surface area contributed by atoms with Crippen LogP contribution in [0.3, 0.4) is 0 Å². The van der Waals surface area contributed by atoms with Crippen molar-refractivity contribution in [1.82, 2.24) is 9.80 Å². The molecule has 8 nitrogen and oxygen atoms in total. The molecular formula is C22H34N2O6S. The number of piperidine rings is 1. The van der Waals surface area contributed by atoms with Crippen LogP contribution in [0.4, 0.5) is 4.79 Å². The first-order valence-corrected chi connectivity index (χ1v) is 12.6. The molecule has 0 saturated carbocycles. The molecule has 2 saturated heterocycles. The van der Waals surface area contributed by atoms with Crippen molar-refractivity contribution in [2.75, 3.05) is 39.0 Å². The Hall–Kier alpha value is -1.84. The van der Waals surface area contributed by atoms with Crippen LogP contribution in [-0.2, 0) is 25.6 Å². The number of carbonyl (C=O) groups excluding carboxylic acids is 1. The summed E-state index contributed by atoms with van der Waals surface area (Å²) in [5, 5.41) is 0. The second-order valence-electron chi connectivity index (χ2n) is 9.44. The fourth-order valence-electron chi connectivity index (χ4n) is 4.00. The third-order valence-electron chi connectivity index (χ3n) is 5.48. The van der Waals surface area contributed by atoms with Gasteiger partial charge in [0.25, 0.3) is 10.1 Å². The molecule has 2 aliphatic heterocycles. The molecule has 0 bridgehead atoms. The molecule has 3 rings (SSSR count). The van der Waals surface area contributed by atoms with Crippen molar-refractivity contribution >= 4 is 16.2 Å². The number of hydrogen-bond donors (Lipinski definition) is 0. The van der Waals surface area contributed by atoms with Gasteiger partial charge in [0, 0.05) is 38.1 Å². The van der Waals surface area contributed by atoms with Gasteiger partial charge in [-0.25, -0.2) is 4.79 Å². The largest absolute Gasteiger partial charge is 0.493 e. The fraction of sp³-hybridized carbons (Fsp3) is 0.682. The first-order valence-electron chi connectivity index (χ1n) is 10.8. The number of fused-ring (bicyclic) bond motifs is 1. The first kappa shape index (κ1) is 23.8. The molecule has 0 N–H and O–H groups in total. The van der Waals surface area contributed by atoms with Gasteiger partial charge in [0.1, 0.15) is 11.4 Å². The molecule has 1 aromatic rings. The highest BCUT2D eigenvalue weighted by Gasteiger charge is 2.35. The van der Waals surface area contributed by atoms with Crippen LogP contribution in [0, 0.1) is 5.92 Å². The van der Waals surface area contributed by atoms with Crippen LogP contribution in [-0.4, -0.2) is 75.0 Å². The van der Waals surface area contributed by atoms with Gasteiger partial charge in [0.15, 0.2) is 0 Å².